The van der Waals surface area contributed by atoms with E-state index < -0.39 is 6.09 Å². The SMILES string of the molecule is N#Cc1cnc2ccnn2c1NC(=O)OCc1ccccc1. The average molecular weight is 293 g/mol. The Kier molecular flexibility index (Phi) is 3.66. The second kappa shape index (κ2) is 5.93. The summed E-state index contributed by atoms with van der Waals surface area (Å²) in [6, 6.07) is 12.9. The smallest absolute Gasteiger partial charge is 0.413 e. The van der Waals surface area contributed by atoms with Gasteiger partial charge in [-0.3, -0.25) is 5.32 Å². The van der Waals surface area contributed by atoms with Crippen LogP contribution in [0, 0.1) is 11.3 Å². The number of hydrogen-bond acceptors (Lipinski definition) is 5. The molecular weight excluding hydrogens is 282 g/mol. The number of rotatable bonds is 3. The maximum Gasteiger partial charge on any atom is 0.413 e. The predicted octanol–water partition coefficient (Wildman–Crippen LogP) is 2.35. The Labute approximate surface area is 125 Å². The summed E-state index contributed by atoms with van der Waals surface area (Å²) in [7, 11) is 0. The molecule has 0 atom stereocenters. The third-order valence-electron chi connectivity index (χ3n) is 2.97. The van der Waals surface area contributed by atoms with Gasteiger partial charge >= 0.3 is 6.09 Å². The molecule has 0 bridgehead atoms. The minimum absolute atomic E-state index is 0.141. The van der Waals surface area contributed by atoms with Gasteiger partial charge in [0.15, 0.2) is 11.5 Å². The third-order valence-corrected chi connectivity index (χ3v) is 2.97. The summed E-state index contributed by atoms with van der Waals surface area (Å²) in [6.07, 6.45) is 2.25. The number of amides is 1. The zero-order chi connectivity index (χ0) is 15.4. The van der Waals surface area contributed by atoms with Crippen LogP contribution < -0.4 is 5.32 Å². The molecule has 3 rings (SSSR count). The van der Waals surface area contributed by atoms with Gasteiger partial charge in [0.05, 0.1) is 12.4 Å². The van der Waals surface area contributed by atoms with E-state index in [-0.39, 0.29) is 18.0 Å². The first kappa shape index (κ1) is 13.6. The number of aromatic nitrogens is 3. The monoisotopic (exact) mass is 293 g/mol. The summed E-state index contributed by atoms with van der Waals surface area (Å²) in [5, 5.41) is 15.7. The predicted molar refractivity (Wildman–Crippen MR) is 78.0 cm³/mol. The van der Waals surface area contributed by atoms with Gasteiger partial charge in [-0.1, -0.05) is 30.3 Å². The molecule has 108 valence electrons. The van der Waals surface area contributed by atoms with E-state index in [0.29, 0.717) is 5.65 Å². The highest BCUT2D eigenvalue weighted by atomic mass is 16.5. The van der Waals surface area contributed by atoms with E-state index in [1.807, 2.05) is 36.4 Å². The quantitative estimate of drug-likeness (QED) is 0.800. The Morgan fingerprint density at radius 2 is 2.14 bits per heavy atom. The van der Waals surface area contributed by atoms with E-state index in [2.05, 4.69) is 15.4 Å². The minimum atomic E-state index is -0.664. The molecule has 0 aliphatic carbocycles. The number of nitriles is 1. The van der Waals surface area contributed by atoms with Crippen molar-refractivity contribution in [3.8, 4) is 6.07 Å². The summed E-state index contributed by atoms with van der Waals surface area (Å²) < 4.78 is 6.51. The Morgan fingerprint density at radius 1 is 1.32 bits per heavy atom. The molecule has 0 spiro atoms. The highest BCUT2D eigenvalue weighted by Crippen LogP contribution is 2.15. The molecule has 22 heavy (non-hydrogen) atoms. The molecule has 1 N–H and O–H groups in total. The van der Waals surface area contributed by atoms with Gasteiger partial charge in [-0.05, 0) is 5.56 Å². The highest BCUT2D eigenvalue weighted by Gasteiger charge is 2.13. The van der Waals surface area contributed by atoms with Crippen molar-refractivity contribution in [2.24, 2.45) is 0 Å². The molecule has 2 heterocycles. The molecule has 0 aliphatic rings. The van der Waals surface area contributed by atoms with Crippen molar-refractivity contribution in [2.45, 2.75) is 6.61 Å². The maximum absolute atomic E-state index is 11.9. The van der Waals surface area contributed by atoms with E-state index in [9.17, 15) is 4.79 Å². The average Bonchev–Trinajstić information content (AvgIpc) is 3.03. The van der Waals surface area contributed by atoms with E-state index in [4.69, 9.17) is 10.00 Å². The van der Waals surface area contributed by atoms with Crippen molar-refractivity contribution in [3.05, 3.63) is 59.9 Å². The summed E-state index contributed by atoms with van der Waals surface area (Å²) in [4.78, 5) is 16.0. The number of anilines is 1. The Balaban J connectivity index is 1.76. The normalized spacial score (nSPS) is 10.1. The molecule has 7 heteroatoms. The van der Waals surface area contributed by atoms with Gasteiger partial charge in [-0.2, -0.15) is 14.9 Å². The van der Waals surface area contributed by atoms with Gasteiger partial charge in [0.2, 0.25) is 0 Å². The van der Waals surface area contributed by atoms with Crippen LogP contribution in [0.4, 0.5) is 10.6 Å². The number of nitrogens with zero attached hydrogens (tertiary/aromatic N) is 4. The molecule has 0 radical (unpaired) electrons. The van der Waals surface area contributed by atoms with Crippen molar-refractivity contribution in [1.29, 1.82) is 5.26 Å². The lowest BCUT2D eigenvalue weighted by atomic mass is 10.2. The molecule has 2 aromatic heterocycles. The molecule has 1 aromatic carbocycles. The first-order valence-electron chi connectivity index (χ1n) is 6.48. The van der Waals surface area contributed by atoms with Crippen LogP contribution >= 0.6 is 0 Å². The van der Waals surface area contributed by atoms with Crippen LogP contribution in [0.5, 0.6) is 0 Å². The second-order valence-electron chi connectivity index (χ2n) is 4.42. The highest BCUT2D eigenvalue weighted by molar-refractivity contribution is 5.85. The molecule has 1 amide bonds. The first-order valence-corrected chi connectivity index (χ1v) is 6.48. The number of carbonyl (C=O) groups is 1. The third kappa shape index (κ3) is 2.71. The fourth-order valence-corrected chi connectivity index (χ4v) is 1.93. The van der Waals surface area contributed by atoms with E-state index in [1.54, 1.807) is 6.07 Å². The van der Waals surface area contributed by atoms with Crippen LogP contribution in [0.1, 0.15) is 11.1 Å². The number of benzene rings is 1. The molecule has 0 fully saturated rings. The minimum Gasteiger partial charge on any atom is -0.444 e. The van der Waals surface area contributed by atoms with Crippen molar-refractivity contribution < 1.29 is 9.53 Å². The van der Waals surface area contributed by atoms with Gasteiger partial charge in [-0.25, -0.2) is 9.78 Å². The second-order valence-corrected chi connectivity index (χ2v) is 4.42. The zero-order valence-electron chi connectivity index (χ0n) is 11.4. The molecule has 7 nitrogen and oxygen atoms in total. The maximum atomic E-state index is 11.9. The van der Waals surface area contributed by atoms with Crippen LogP contribution in [0.2, 0.25) is 0 Å². The number of fused-ring (bicyclic) bond motifs is 1. The number of ether oxygens (including phenoxy) is 1. The van der Waals surface area contributed by atoms with E-state index in [0.717, 1.165) is 5.56 Å². The molecular formula is C15H11N5O2. The van der Waals surface area contributed by atoms with Gasteiger partial charge in [-0.15, -0.1) is 0 Å². The lowest BCUT2D eigenvalue weighted by Gasteiger charge is -2.09. The molecule has 0 saturated heterocycles. The van der Waals surface area contributed by atoms with Crippen molar-refractivity contribution in [1.82, 2.24) is 14.6 Å². The van der Waals surface area contributed by atoms with E-state index in [1.165, 1.54) is 16.9 Å². The fraction of sp³-hybridized carbons (Fsp3) is 0.0667. The zero-order valence-corrected chi connectivity index (χ0v) is 11.4. The summed E-state index contributed by atoms with van der Waals surface area (Å²) >= 11 is 0. The van der Waals surface area contributed by atoms with Gasteiger partial charge in [0.1, 0.15) is 18.2 Å². The lowest BCUT2D eigenvalue weighted by Crippen LogP contribution is -2.17. The van der Waals surface area contributed by atoms with Crippen LogP contribution in [0.3, 0.4) is 0 Å². The van der Waals surface area contributed by atoms with Crippen molar-refractivity contribution >= 4 is 17.6 Å². The number of nitrogens with one attached hydrogen (secondary N) is 1. The molecule has 0 unspecified atom stereocenters. The van der Waals surface area contributed by atoms with Crippen molar-refractivity contribution in [2.75, 3.05) is 5.32 Å². The van der Waals surface area contributed by atoms with E-state index >= 15 is 0 Å². The van der Waals surface area contributed by atoms with Gasteiger partial charge in [0.25, 0.3) is 0 Å². The molecule has 0 saturated carbocycles. The first-order chi connectivity index (χ1) is 10.8. The van der Waals surface area contributed by atoms with Crippen LogP contribution in [0.25, 0.3) is 5.65 Å². The van der Waals surface area contributed by atoms with Gasteiger partial charge < -0.3 is 4.74 Å². The Bertz CT molecular complexity index is 851. The summed E-state index contributed by atoms with van der Waals surface area (Å²) in [5.41, 5.74) is 1.60. The largest absolute Gasteiger partial charge is 0.444 e. The molecule has 0 aliphatic heterocycles. The fourth-order valence-electron chi connectivity index (χ4n) is 1.93. The summed E-state index contributed by atoms with van der Waals surface area (Å²) in [5.74, 6) is 0.232. The molecule has 3 aromatic rings. The Morgan fingerprint density at radius 3 is 2.91 bits per heavy atom. The van der Waals surface area contributed by atoms with Crippen molar-refractivity contribution in [3.63, 3.8) is 0 Å². The van der Waals surface area contributed by atoms with Crippen LogP contribution in [0.15, 0.2) is 48.8 Å². The topological polar surface area (TPSA) is 92.3 Å². The number of carbonyl (C=O) groups excluding carboxylic acids is 1. The summed E-state index contributed by atoms with van der Waals surface area (Å²) in [6.45, 7) is 0.141. The lowest BCUT2D eigenvalue weighted by molar-refractivity contribution is 0.155. The van der Waals surface area contributed by atoms with Crippen LogP contribution in [-0.2, 0) is 11.3 Å². The van der Waals surface area contributed by atoms with Crippen LogP contribution in [-0.4, -0.2) is 20.7 Å². The van der Waals surface area contributed by atoms with Gasteiger partial charge in [0, 0.05) is 6.07 Å². The Hall–Kier alpha value is -3.40. The standard InChI is InChI=1S/C15H11N5O2/c16-8-12-9-17-13-6-7-18-20(13)14(12)19-15(21)22-10-11-4-2-1-3-5-11/h1-7,9H,10H2,(H,19,21). The number of hydrogen-bond donors (Lipinski definition) is 1.